The Balaban J connectivity index is 2.15. The van der Waals surface area contributed by atoms with Crippen LogP contribution < -0.4 is 10.1 Å². The Hall–Kier alpha value is -2.04. The van der Waals surface area contributed by atoms with Gasteiger partial charge < -0.3 is 10.1 Å². The Labute approximate surface area is 112 Å². The number of anilines is 1. The van der Waals surface area contributed by atoms with Gasteiger partial charge in [-0.25, -0.2) is 0 Å². The maximum Gasteiger partial charge on any atom is 0.311 e. The summed E-state index contributed by atoms with van der Waals surface area (Å²) in [5, 5.41) is 14.3. The third-order valence-electron chi connectivity index (χ3n) is 3.10. The van der Waals surface area contributed by atoms with E-state index >= 15 is 0 Å². The smallest absolute Gasteiger partial charge is 0.311 e. The normalized spacial score (nSPS) is 18.1. The first-order chi connectivity index (χ1) is 9.20. The van der Waals surface area contributed by atoms with Crippen LogP contribution in [0.5, 0.6) is 5.75 Å². The fourth-order valence-corrected chi connectivity index (χ4v) is 2.19. The summed E-state index contributed by atoms with van der Waals surface area (Å²) >= 11 is 0. The number of hydrogen-bond acceptors (Lipinski definition) is 4. The molecule has 0 saturated heterocycles. The largest absolute Gasteiger partial charge is 0.487 e. The van der Waals surface area contributed by atoms with E-state index in [4.69, 9.17) is 4.74 Å². The summed E-state index contributed by atoms with van der Waals surface area (Å²) in [6, 6.07) is 5.33. The molecule has 0 spiro atoms. The van der Waals surface area contributed by atoms with Crippen molar-refractivity contribution in [2.24, 2.45) is 0 Å². The Morgan fingerprint density at radius 3 is 2.95 bits per heavy atom. The molecule has 0 amide bonds. The number of ether oxygens (including phenoxy) is 1. The van der Waals surface area contributed by atoms with Crippen LogP contribution in [0.3, 0.4) is 0 Å². The van der Waals surface area contributed by atoms with E-state index in [-0.39, 0.29) is 5.69 Å². The second-order valence-electron chi connectivity index (χ2n) is 4.50. The quantitative estimate of drug-likeness (QED) is 0.501. The molecular formula is C14H18N2O3. The molecule has 5 heteroatoms. The molecule has 102 valence electrons. The number of allylic oxidation sites excluding steroid dienone is 1. The van der Waals surface area contributed by atoms with Crippen molar-refractivity contribution in [3.63, 3.8) is 0 Å². The van der Waals surface area contributed by atoms with Gasteiger partial charge in [-0.05, 0) is 32.3 Å². The number of rotatable bonds is 5. The molecule has 5 nitrogen and oxygen atoms in total. The molecule has 1 aliphatic carbocycles. The van der Waals surface area contributed by atoms with Gasteiger partial charge in [0.2, 0.25) is 0 Å². The molecule has 1 unspecified atom stereocenters. The molecule has 1 atom stereocenters. The van der Waals surface area contributed by atoms with Crippen molar-refractivity contribution < 1.29 is 9.66 Å². The van der Waals surface area contributed by atoms with E-state index < -0.39 is 4.92 Å². The van der Waals surface area contributed by atoms with Crippen molar-refractivity contribution >= 4 is 11.4 Å². The minimum absolute atomic E-state index is 0.0101. The summed E-state index contributed by atoms with van der Waals surface area (Å²) in [5.74, 6) is 0.323. The van der Waals surface area contributed by atoms with Gasteiger partial charge in [0.05, 0.1) is 11.5 Å². The molecule has 0 aliphatic heterocycles. The topological polar surface area (TPSA) is 64.4 Å². The number of nitrogens with one attached hydrogen (secondary N) is 1. The van der Waals surface area contributed by atoms with E-state index in [2.05, 4.69) is 17.5 Å². The highest BCUT2D eigenvalue weighted by atomic mass is 16.6. The van der Waals surface area contributed by atoms with Crippen molar-refractivity contribution in [1.82, 2.24) is 0 Å². The predicted octanol–water partition coefficient (Wildman–Crippen LogP) is 3.51. The number of hydrogen-bond donors (Lipinski definition) is 1. The van der Waals surface area contributed by atoms with Crippen LogP contribution in [-0.4, -0.2) is 17.6 Å². The molecule has 0 aromatic heterocycles. The van der Waals surface area contributed by atoms with E-state index in [0.717, 1.165) is 24.9 Å². The van der Waals surface area contributed by atoms with Crippen molar-refractivity contribution in [3.05, 3.63) is 40.5 Å². The first kappa shape index (κ1) is 13.4. The molecule has 0 heterocycles. The first-order valence-electron chi connectivity index (χ1n) is 6.53. The van der Waals surface area contributed by atoms with Gasteiger partial charge in [0, 0.05) is 23.9 Å². The number of nitro benzene ring substituents is 1. The second-order valence-corrected chi connectivity index (χ2v) is 4.50. The van der Waals surface area contributed by atoms with Crippen LogP contribution in [0.4, 0.5) is 11.4 Å². The molecular weight excluding hydrogens is 244 g/mol. The molecule has 0 radical (unpaired) electrons. The van der Waals surface area contributed by atoms with Crippen LogP contribution in [0, 0.1) is 10.1 Å². The first-order valence-corrected chi connectivity index (χ1v) is 6.53. The molecule has 1 aliphatic rings. The summed E-state index contributed by atoms with van der Waals surface area (Å²) in [6.45, 7) is 2.23. The van der Waals surface area contributed by atoms with Gasteiger partial charge in [-0.1, -0.05) is 12.2 Å². The lowest BCUT2D eigenvalue weighted by Crippen LogP contribution is -2.20. The standard InChI is InChI=1S/C14H18N2O3/c1-2-19-14-10-12(8-9-13(14)16(17)18)15-11-6-4-3-5-7-11/h3-4,8-11,15H,2,5-7H2,1H3. The maximum absolute atomic E-state index is 10.9. The lowest BCUT2D eigenvalue weighted by molar-refractivity contribution is -0.385. The molecule has 19 heavy (non-hydrogen) atoms. The average Bonchev–Trinajstić information content (AvgIpc) is 2.40. The second kappa shape index (κ2) is 6.22. The molecule has 1 N–H and O–H groups in total. The van der Waals surface area contributed by atoms with Crippen molar-refractivity contribution in [1.29, 1.82) is 0 Å². The van der Waals surface area contributed by atoms with Crippen LogP contribution in [0.25, 0.3) is 0 Å². The summed E-state index contributed by atoms with van der Waals surface area (Å²) in [5.41, 5.74) is 0.880. The molecule has 1 aromatic carbocycles. The average molecular weight is 262 g/mol. The SMILES string of the molecule is CCOc1cc(NC2CC=CCC2)ccc1[N+](=O)[O-]. The van der Waals surface area contributed by atoms with Crippen molar-refractivity contribution in [3.8, 4) is 5.75 Å². The van der Waals surface area contributed by atoms with Crippen molar-refractivity contribution in [2.75, 3.05) is 11.9 Å². The third kappa shape index (κ3) is 3.47. The highest BCUT2D eigenvalue weighted by molar-refractivity contribution is 5.58. The van der Waals surface area contributed by atoms with Gasteiger partial charge in [0.1, 0.15) is 0 Å². The highest BCUT2D eigenvalue weighted by Crippen LogP contribution is 2.31. The zero-order valence-corrected chi connectivity index (χ0v) is 11.0. The fraction of sp³-hybridized carbons (Fsp3) is 0.429. The third-order valence-corrected chi connectivity index (χ3v) is 3.10. The number of nitro groups is 1. The zero-order chi connectivity index (χ0) is 13.7. The lowest BCUT2D eigenvalue weighted by atomic mass is 10.0. The molecule has 0 bridgehead atoms. The van der Waals surface area contributed by atoms with Crippen LogP contribution in [0.15, 0.2) is 30.4 Å². The molecule has 0 saturated carbocycles. The Morgan fingerprint density at radius 1 is 1.47 bits per heavy atom. The monoisotopic (exact) mass is 262 g/mol. The molecule has 2 rings (SSSR count). The van der Waals surface area contributed by atoms with Crippen LogP contribution in [0.1, 0.15) is 26.2 Å². The molecule has 1 aromatic rings. The van der Waals surface area contributed by atoms with Gasteiger partial charge in [-0.3, -0.25) is 10.1 Å². The fourth-order valence-electron chi connectivity index (χ4n) is 2.19. The molecule has 0 fully saturated rings. The van der Waals surface area contributed by atoms with E-state index in [1.807, 2.05) is 6.92 Å². The van der Waals surface area contributed by atoms with Crippen LogP contribution >= 0.6 is 0 Å². The van der Waals surface area contributed by atoms with Gasteiger partial charge in [-0.15, -0.1) is 0 Å². The van der Waals surface area contributed by atoms with E-state index in [9.17, 15) is 10.1 Å². The summed E-state index contributed by atoms with van der Waals surface area (Å²) in [6.07, 6.45) is 7.48. The minimum Gasteiger partial charge on any atom is -0.487 e. The van der Waals surface area contributed by atoms with Gasteiger partial charge in [0.15, 0.2) is 5.75 Å². The maximum atomic E-state index is 10.9. The van der Waals surface area contributed by atoms with Crippen LogP contribution in [0.2, 0.25) is 0 Å². The lowest BCUT2D eigenvalue weighted by Gasteiger charge is -2.20. The zero-order valence-electron chi connectivity index (χ0n) is 11.0. The minimum atomic E-state index is -0.419. The predicted molar refractivity (Wildman–Crippen MR) is 74.7 cm³/mol. The van der Waals surface area contributed by atoms with Gasteiger partial charge in [0.25, 0.3) is 0 Å². The summed E-state index contributed by atoms with van der Waals surface area (Å²) < 4.78 is 5.33. The Morgan fingerprint density at radius 2 is 2.32 bits per heavy atom. The summed E-state index contributed by atoms with van der Waals surface area (Å²) in [7, 11) is 0. The van der Waals surface area contributed by atoms with E-state index in [1.165, 1.54) is 6.07 Å². The number of benzene rings is 1. The number of nitrogens with zero attached hydrogens (tertiary/aromatic N) is 1. The highest BCUT2D eigenvalue weighted by Gasteiger charge is 2.16. The summed E-state index contributed by atoms with van der Waals surface area (Å²) in [4.78, 5) is 10.5. The van der Waals surface area contributed by atoms with E-state index in [0.29, 0.717) is 18.4 Å². The van der Waals surface area contributed by atoms with Gasteiger partial charge >= 0.3 is 5.69 Å². The van der Waals surface area contributed by atoms with E-state index in [1.54, 1.807) is 12.1 Å². The van der Waals surface area contributed by atoms with Crippen LogP contribution in [-0.2, 0) is 0 Å². The Bertz CT molecular complexity index is 486. The van der Waals surface area contributed by atoms with Gasteiger partial charge in [-0.2, -0.15) is 0 Å². The Kier molecular flexibility index (Phi) is 4.39. The van der Waals surface area contributed by atoms with Crippen molar-refractivity contribution in [2.45, 2.75) is 32.2 Å².